The van der Waals surface area contributed by atoms with Gasteiger partial charge in [-0.05, 0) is 19.1 Å². The van der Waals surface area contributed by atoms with Gasteiger partial charge < -0.3 is 19.1 Å². The second-order valence-electron chi connectivity index (χ2n) is 6.50. The van der Waals surface area contributed by atoms with Crippen molar-refractivity contribution in [1.29, 1.82) is 0 Å². The van der Waals surface area contributed by atoms with Crippen molar-refractivity contribution in [2.75, 3.05) is 27.3 Å². The van der Waals surface area contributed by atoms with E-state index in [-0.39, 0.29) is 16.5 Å². The van der Waals surface area contributed by atoms with Crippen LogP contribution in [0.4, 0.5) is 0 Å². The lowest BCUT2D eigenvalue weighted by Gasteiger charge is -2.44. The number of halogens is 1. The van der Waals surface area contributed by atoms with E-state index in [4.69, 9.17) is 14.2 Å². The highest BCUT2D eigenvalue weighted by molar-refractivity contribution is 9.10. The standard InChI is InChI=1S/C18H22BrNO5/c1-11(19)17(22)20-8-6-18(7-9-20)10-13(21)12-4-5-14(23-2)16(24-3)15(12)25-18/h4-5,11H,6-10H2,1-3H3. The molecule has 1 fully saturated rings. The SMILES string of the molecule is COc1ccc2c(c1OC)OC1(CCN(C(=O)C(C)Br)CC1)CC2=O. The number of ketones is 1. The number of alkyl halides is 1. The quantitative estimate of drug-likeness (QED) is 0.715. The van der Waals surface area contributed by atoms with Gasteiger partial charge in [-0.25, -0.2) is 0 Å². The molecule has 0 saturated carbocycles. The van der Waals surface area contributed by atoms with E-state index in [0.29, 0.717) is 55.2 Å². The zero-order valence-electron chi connectivity index (χ0n) is 14.6. The van der Waals surface area contributed by atoms with Crippen molar-refractivity contribution in [3.63, 3.8) is 0 Å². The minimum absolute atomic E-state index is 0.0378. The van der Waals surface area contributed by atoms with Crippen LogP contribution in [0.5, 0.6) is 17.2 Å². The predicted molar refractivity (Wildman–Crippen MR) is 96.1 cm³/mol. The molecule has 0 bridgehead atoms. The van der Waals surface area contributed by atoms with Gasteiger partial charge in [0.25, 0.3) is 0 Å². The molecule has 1 saturated heterocycles. The van der Waals surface area contributed by atoms with Crippen LogP contribution in [0.15, 0.2) is 12.1 Å². The van der Waals surface area contributed by atoms with Gasteiger partial charge in [0.15, 0.2) is 17.3 Å². The summed E-state index contributed by atoms with van der Waals surface area (Å²) in [5.41, 5.74) is -0.0633. The molecule has 6 nitrogen and oxygen atoms in total. The summed E-state index contributed by atoms with van der Waals surface area (Å²) in [5.74, 6) is 1.53. The Labute approximate surface area is 155 Å². The van der Waals surface area contributed by atoms with E-state index in [2.05, 4.69) is 15.9 Å². The number of methoxy groups -OCH3 is 2. The molecule has 3 rings (SSSR count). The number of rotatable bonds is 3. The van der Waals surface area contributed by atoms with Gasteiger partial charge in [0, 0.05) is 25.9 Å². The maximum atomic E-state index is 12.7. The largest absolute Gasteiger partial charge is 0.493 e. The van der Waals surface area contributed by atoms with Crippen molar-refractivity contribution in [2.45, 2.75) is 36.6 Å². The molecule has 0 N–H and O–H groups in total. The zero-order chi connectivity index (χ0) is 18.2. The molecule has 0 aromatic heterocycles. The molecule has 0 radical (unpaired) electrons. The molecule has 1 aromatic rings. The minimum Gasteiger partial charge on any atom is -0.493 e. The van der Waals surface area contributed by atoms with Crippen LogP contribution < -0.4 is 14.2 Å². The van der Waals surface area contributed by atoms with Crippen LogP contribution in [0.3, 0.4) is 0 Å². The number of amides is 1. The first-order chi connectivity index (χ1) is 11.9. The highest BCUT2D eigenvalue weighted by atomic mass is 79.9. The summed E-state index contributed by atoms with van der Waals surface area (Å²) in [4.78, 5) is 26.4. The summed E-state index contributed by atoms with van der Waals surface area (Å²) in [6, 6.07) is 3.44. The molecular formula is C18H22BrNO5. The van der Waals surface area contributed by atoms with E-state index in [0.717, 1.165) is 0 Å². The first kappa shape index (κ1) is 18.0. The summed E-state index contributed by atoms with van der Waals surface area (Å²) in [7, 11) is 3.09. The molecule has 25 heavy (non-hydrogen) atoms. The van der Waals surface area contributed by atoms with E-state index in [9.17, 15) is 9.59 Å². The van der Waals surface area contributed by atoms with E-state index < -0.39 is 5.60 Å². The molecule has 2 aliphatic heterocycles. The van der Waals surface area contributed by atoms with Gasteiger partial charge in [-0.1, -0.05) is 15.9 Å². The van der Waals surface area contributed by atoms with Crippen molar-refractivity contribution in [2.24, 2.45) is 0 Å². The monoisotopic (exact) mass is 411 g/mol. The van der Waals surface area contributed by atoms with Gasteiger partial charge in [-0.3, -0.25) is 9.59 Å². The van der Waals surface area contributed by atoms with Crippen LogP contribution in [0.1, 0.15) is 36.5 Å². The Balaban J connectivity index is 1.86. The molecule has 1 spiro atoms. The summed E-state index contributed by atoms with van der Waals surface area (Å²) in [6.07, 6.45) is 1.55. The van der Waals surface area contributed by atoms with E-state index in [1.807, 2.05) is 11.8 Å². The number of ether oxygens (including phenoxy) is 3. The first-order valence-electron chi connectivity index (χ1n) is 8.31. The minimum atomic E-state index is -0.587. The lowest BCUT2D eigenvalue weighted by atomic mass is 9.82. The summed E-state index contributed by atoms with van der Waals surface area (Å²) in [6.45, 7) is 2.97. The number of hydrogen-bond donors (Lipinski definition) is 0. The van der Waals surface area contributed by atoms with Crippen molar-refractivity contribution in [3.8, 4) is 17.2 Å². The lowest BCUT2D eigenvalue weighted by molar-refractivity contribution is -0.133. The average molecular weight is 412 g/mol. The molecule has 2 aliphatic rings. The fourth-order valence-electron chi connectivity index (χ4n) is 3.53. The van der Waals surface area contributed by atoms with Gasteiger partial charge in [0.1, 0.15) is 5.60 Å². The van der Waals surface area contributed by atoms with Gasteiger partial charge in [-0.15, -0.1) is 0 Å². The number of hydrogen-bond acceptors (Lipinski definition) is 5. The van der Waals surface area contributed by atoms with Crippen LogP contribution in [0.2, 0.25) is 0 Å². The van der Waals surface area contributed by atoms with Gasteiger partial charge in [0.05, 0.1) is 31.0 Å². The number of carbonyl (C=O) groups is 2. The number of nitrogens with zero attached hydrogens (tertiary/aromatic N) is 1. The Morgan fingerprint density at radius 3 is 2.52 bits per heavy atom. The van der Waals surface area contributed by atoms with Crippen molar-refractivity contribution >= 4 is 27.6 Å². The molecular weight excluding hydrogens is 390 g/mol. The lowest BCUT2D eigenvalue weighted by Crippen LogP contribution is -2.53. The summed E-state index contributed by atoms with van der Waals surface area (Å²) < 4.78 is 17.1. The fraction of sp³-hybridized carbons (Fsp3) is 0.556. The Morgan fingerprint density at radius 2 is 1.96 bits per heavy atom. The van der Waals surface area contributed by atoms with Crippen LogP contribution in [0.25, 0.3) is 0 Å². The Hall–Kier alpha value is -1.76. The number of Topliss-reactive ketones (excluding diaryl/α,β-unsaturated/α-hetero) is 1. The second-order valence-corrected chi connectivity index (χ2v) is 7.88. The Kier molecular flexibility index (Phi) is 4.95. The normalized spacial score (nSPS) is 19.8. The fourth-order valence-corrected chi connectivity index (χ4v) is 3.81. The van der Waals surface area contributed by atoms with Crippen molar-refractivity contribution < 1.29 is 23.8 Å². The van der Waals surface area contributed by atoms with Crippen LogP contribution in [-0.4, -0.2) is 54.3 Å². The number of piperidine rings is 1. The molecule has 1 amide bonds. The highest BCUT2D eigenvalue weighted by Crippen LogP contribution is 2.47. The summed E-state index contributed by atoms with van der Waals surface area (Å²) in [5, 5.41) is 0. The number of fused-ring (bicyclic) bond motifs is 1. The third-order valence-electron chi connectivity index (χ3n) is 4.93. The number of likely N-dealkylation sites (tertiary alicyclic amines) is 1. The molecule has 1 unspecified atom stereocenters. The Morgan fingerprint density at radius 1 is 1.28 bits per heavy atom. The van der Waals surface area contributed by atoms with E-state index >= 15 is 0 Å². The molecule has 1 atom stereocenters. The Bertz CT molecular complexity index is 695. The van der Waals surface area contributed by atoms with Crippen LogP contribution in [0, 0.1) is 0 Å². The molecule has 2 heterocycles. The third-order valence-corrected chi connectivity index (χ3v) is 5.32. The average Bonchev–Trinajstić information content (AvgIpc) is 2.60. The van der Waals surface area contributed by atoms with Crippen molar-refractivity contribution in [1.82, 2.24) is 4.90 Å². The van der Waals surface area contributed by atoms with Gasteiger partial charge >= 0.3 is 0 Å². The molecule has 0 aliphatic carbocycles. The zero-order valence-corrected chi connectivity index (χ0v) is 16.2. The highest BCUT2D eigenvalue weighted by Gasteiger charge is 2.45. The first-order valence-corrected chi connectivity index (χ1v) is 9.22. The topological polar surface area (TPSA) is 65.1 Å². The molecule has 136 valence electrons. The summed E-state index contributed by atoms with van der Waals surface area (Å²) >= 11 is 3.32. The smallest absolute Gasteiger partial charge is 0.236 e. The van der Waals surface area contributed by atoms with Crippen LogP contribution in [-0.2, 0) is 4.79 Å². The van der Waals surface area contributed by atoms with E-state index in [1.165, 1.54) is 7.11 Å². The predicted octanol–water partition coefficient (Wildman–Crippen LogP) is 2.81. The van der Waals surface area contributed by atoms with Gasteiger partial charge in [0.2, 0.25) is 11.7 Å². The maximum Gasteiger partial charge on any atom is 0.236 e. The van der Waals surface area contributed by atoms with Crippen molar-refractivity contribution in [3.05, 3.63) is 17.7 Å². The number of carbonyl (C=O) groups excluding carboxylic acids is 2. The third kappa shape index (κ3) is 3.21. The maximum absolute atomic E-state index is 12.7. The molecule has 7 heteroatoms. The second kappa shape index (κ2) is 6.86. The van der Waals surface area contributed by atoms with Crippen LogP contribution >= 0.6 is 15.9 Å². The molecule has 1 aromatic carbocycles. The van der Waals surface area contributed by atoms with Gasteiger partial charge in [-0.2, -0.15) is 0 Å². The van der Waals surface area contributed by atoms with E-state index in [1.54, 1.807) is 19.2 Å². The number of benzene rings is 1.